The number of hydrogen-bond acceptors (Lipinski definition) is 5. The van der Waals surface area contributed by atoms with Crippen LogP contribution in [0.2, 0.25) is 10.0 Å². The number of carbonyl (C=O) groups is 2. The number of halogens is 2. The van der Waals surface area contributed by atoms with E-state index in [4.69, 9.17) is 27.9 Å². The fourth-order valence-electron chi connectivity index (χ4n) is 4.87. The SMILES string of the molecule is CCC(C)NC(=O)C(CC)N(Cc1ccc(Cl)cc1Cl)C(=O)CN(c1ccc(Oc2ccccc2)cc1)S(=O)(=O)c1ccc(C)cc1. The molecule has 0 bridgehead atoms. The molecular weight excluding hydrogens is 657 g/mol. The standard InChI is InChI=1S/C36H39Cl2N3O5S/c1-5-26(4)39-36(43)34(6-2)40(23-27-14-15-28(37)22-33(27)38)35(42)24-41(47(44,45)32-20-12-25(3)13-21-32)29-16-18-31(19-17-29)46-30-10-8-7-9-11-30/h7-22,26,34H,5-6,23-24H2,1-4H3,(H,39,43). The van der Waals surface area contributed by atoms with Gasteiger partial charge in [-0.1, -0.05) is 79.0 Å². The first-order valence-electron chi connectivity index (χ1n) is 15.4. The van der Waals surface area contributed by atoms with Crippen molar-refractivity contribution in [1.29, 1.82) is 0 Å². The van der Waals surface area contributed by atoms with Gasteiger partial charge in [0.15, 0.2) is 0 Å². The maximum Gasteiger partial charge on any atom is 0.264 e. The van der Waals surface area contributed by atoms with Crippen LogP contribution in [-0.2, 0) is 26.2 Å². The predicted octanol–water partition coefficient (Wildman–Crippen LogP) is 8.01. The first-order valence-corrected chi connectivity index (χ1v) is 17.6. The van der Waals surface area contributed by atoms with E-state index in [2.05, 4.69) is 5.32 Å². The summed E-state index contributed by atoms with van der Waals surface area (Å²) in [5.74, 6) is 0.196. The molecule has 47 heavy (non-hydrogen) atoms. The number of hydrogen-bond donors (Lipinski definition) is 1. The number of anilines is 1. The van der Waals surface area contributed by atoms with Gasteiger partial charge in [-0.25, -0.2) is 8.42 Å². The number of nitrogens with one attached hydrogen (secondary N) is 1. The van der Waals surface area contributed by atoms with Gasteiger partial charge in [-0.05, 0) is 92.9 Å². The summed E-state index contributed by atoms with van der Waals surface area (Å²) in [5.41, 5.74) is 1.70. The molecule has 2 amide bonds. The number of benzene rings is 4. The molecule has 4 aromatic rings. The van der Waals surface area contributed by atoms with E-state index in [0.717, 1.165) is 9.87 Å². The Morgan fingerprint density at radius 1 is 0.851 bits per heavy atom. The van der Waals surface area contributed by atoms with Crippen molar-refractivity contribution in [3.63, 3.8) is 0 Å². The van der Waals surface area contributed by atoms with Crippen LogP contribution in [0.25, 0.3) is 0 Å². The van der Waals surface area contributed by atoms with E-state index >= 15 is 0 Å². The molecule has 0 saturated carbocycles. The summed E-state index contributed by atoms with van der Waals surface area (Å²) in [6.45, 7) is 6.88. The van der Waals surface area contributed by atoms with Gasteiger partial charge >= 0.3 is 0 Å². The Bertz CT molecular complexity index is 1770. The Kier molecular flexibility index (Phi) is 12.3. The zero-order valence-electron chi connectivity index (χ0n) is 26.8. The van der Waals surface area contributed by atoms with Crippen LogP contribution in [0.1, 0.15) is 44.7 Å². The minimum atomic E-state index is -4.23. The van der Waals surface area contributed by atoms with Gasteiger partial charge in [0.05, 0.1) is 10.6 Å². The molecule has 0 aliphatic carbocycles. The van der Waals surface area contributed by atoms with Crippen molar-refractivity contribution in [2.75, 3.05) is 10.8 Å². The molecule has 11 heteroatoms. The molecule has 0 aliphatic heterocycles. The molecule has 0 fully saturated rings. The highest BCUT2D eigenvalue weighted by atomic mass is 35.5. The molecular formula is C36H39Cl2N3O5S. The van der Waals surface area contributed by atoms with Gasteiger partial charge in [0.25, 0.3) is 10.0 Å². The topological polar surface area (TPSA) is 96.0 Å². The summed E-state index contributed by atoms with van der Waals surface area (Å²) >= 11 is 12.6. The summed E-state index contributed by atoms with van der Waals surface area (Å²) in [6.07, 6.45) is 0.987. The second-order valence-corrected chi connectivity index (χ2v) is 13.9. The molecule has 0 aromatic heterocycles. The quantitative estimate of drug-likeness (QED) is 0.144. The van der Waals surface area contributed by atoms with Crippen molar-refractivity contribution in [3.8, 4) is 11.5 Å². The normalized spacial score (nSPS) is 12.6. The van der Waals surface area contributed by atoms with Gasteiger partial charge in [0.2, 0.25) is 11.8 Å². The summed E-state index contributed by atoms with van der Waals surface area (Å²) < 4.78 is 35.4. The van der Waals surface area contributed by atoms with Crippen LogP contribution in [0.3, 0.4) is 0 Å². The predicted molar refractivity (Wildman–Crippen MR) is 188 cm³/mol. The molecule has 4 aromatic carbocycles. The minimum absolute atomic E-state index is 0.0226. The van der Waals surface area contributed by atoms with Crippen LogP contribution < -0.4 is 14.4 Å². The first-order chi connectivity index (χ1) is 22.4. The molecule has 2 atom stereocenters. The monoisotopic (exact) mass is 695 g/mol. The van der Waals surface area contributed by atoms with Crippen molar-refractivity contribution in [2.24, 2.45) is 0 Å². The lowest BCUT2D eigenvalue weighted by molar-refractivity contribution is -0.140. The molecule has 1 N–H and O–H groups in total. The summed E-state index contributed by atoms with van der Waals surface area (Å²) in [6, 6.07) is 26.0. The number of para-hydroxylation sites is 1. The second-order valence-electron chi connectivity index (χ2n) is 11.2. The number of aryl methyl sites for hydroxylation is 1. The zero-order valence-corrected chi connectivity index (χ0v) is 29.1. The first kappa shape index (κ1) is 35.8. The van der Waals surface area contributed by atoms with Crippen LogP contribution in [0.5, 0.6) is 11.5 Å². The molecule has 0 radical (unpaired) electrons. The smallest absolute Gasteiger partial charge is 0.264 e. The summed E-state index contributed by atoms with van der Waals surface area (Å²) in [7, 11) is -4.23. The lowest BCUT2D eigenvalue weighted by atomic mass is 10.1. The van der Waals surface area contributed by atoms with Gasteiger partial charge in [-0.15, -0.1) is 0 Å². The van der Waals surface area contributed by atoms with Crippen LogP contribution in [0.4, 0.5) is 5.69 Å². The van der Waals surface area contributed by atoms with Crippen LogP contribution >= 0.6 is 23.2 Å². The average molecular weight is 697 g/mol. The molecule has 0 saturated heterocycles. The lowest BCUT2D eigenvalue weighted by Gasteiger charge is -2.34. The van der Waals surface area contributed by atoms with E-state index in [-0.39, 0.29) is 35.5 Å². The second kappa shape index (κ2) is 16.2. The van der Waals surface area contributed by atoms with Crippen molar-refractivity contribution >= 4 is 50.7 Å². The number of ether oxygens (including phenoxy) is 1. The molecule has 248 valence electrons. The molecule has 8 nitrogen and oxygen atoms in total. The van der Waals surface area contributed by atoms with Crippen LogP contribution in [-0.4, -0.2) is 43.8 Å². The van der Waals surface area contributed by atoms with Crippen LogP contribution in [0.15, 0.2) is 102 Å². The number of rotatable bonds is 14. The molecule has 0 aliphatic rings. The minimum Gasteiger partial charge on any atom is -0.457 e. The summed E-state index contributed by atoms with van der Waals surface area (Å²) in [4.78, 5) is 29.3. The highest BCUT2D eigenvalue weighted by Crippen LogP contribution is 2.30. The maximum atomic E-state index is 14.4. The van der Waals surface area contributed by atoms with Gasteiger partial charge in [0, 0.05) is 22.6 Å². The van der Waals surface area contributed by atoms with Gasteiger partial charge in [-0.2, -0.15) is 0 Å². The van der Waals surface area contributed by atoms with Crippen molar-refractivity contribution in [1.82, 2.24) is 10.2 Å². The van der Waals surface area contributed by atoms with E-state index in [0.29, 0.717) is 33.5 Å². The fourth-order valence-corrected chi connectivity index (χ4v) is 6.75. The largest absolute Gasteiger partial charge is 0.457 e. The van der Waals surface area contributed by atoms with Crippen molar-refractivity contribution in [3.05, 3.63) is 118 Å². The Balaban J connectivity index is 1.74. The van der Waals surface area contributed by atoms with Gasteiger partial charge in [-0.3, -0.25) is 13.9 Å². The maximum absolute atomic E-state index is 14.4. The third-order valence-electron chi connectivity index (χ3n) is 7.73. The van der Waals surface area contributed by atoms with E-state index in [1.807, 2.05) is 51.1 Å². The molecule has 0 spiro atoms. The molecule has 2 unspecified atom stereocenters. The number of sulfonamides is 1. The Hall–Kier alpha value is -4.05. The van der Waals surface area contributed by atoms with E-state index in [9.17, 15) is 18.0 Å². The third kappa shape index (κ3) is 9.28. The average Bonchev–Trinajstić information content (AvgIpc) is 3.05. The molecule has 0 heterocycles. The highest BCUT2D eigenvalue weighted by molar-refractivity contribution is 7.92. The Labute approximate surface area is 287 Å². The highest BCUT2D eigenvalue weighted by Gasteiger charge is 2.34. The number of carbonyl (C=O) groups excluding carboxylic acids is 2. The van der Waals surface area contributed by atoms with Crippen molar-refractivity contribution < 1.29 is 22.7 Å². The van der Waals surface area contributed by atoms with E-state index in [1.165, 1.54) is 17.0 Å². The summed E-state index contributed by atoms with van der Waals surface area (Å²) in [5, 5.41) is 3.71. The third-order valence-corrected chi connectivity index (χ3v) is 10.1. The number of amides is 2. The van der Waals surface area contributed by atoms with Crippen LogP contribution in [0, 0.1) is 6.92 Å². The molecule has 4 rings (SSSR count). The zero-order chi connectivity index (χ0) is 34.1. The Morgan fingerprint density at radius 2 is 1.49 bits per heavy atom. The number of nitrogens with zero attached hydrogens (tertiary/aromatic N) is 2. The van der Waals surface area contributed by atoms with Crippen molar-refractivity contribution in [2.45, 2.75) is 64.1 Å². The van der Waals surface area contributed by atoms with Gasteiger partial charge < -0.3 is 15.0 Å². The van der Waals surface area contributed by atoms with E-state index < -0.39 is 28.5 Å². The Morgan fingerprint density at radius 3 is 2.09 bits per heavy atom. The lowest BCUT2D eigenvalue weighted by Crippen LogP contribution is -2.53. The van der Waals surface area contributed by atoms with E-state index in [1.54, 1.807) is 61.5 Å². The fraction of sp³-hybridized carbons (Fsp3) is 0.278. The van der Waals surface area contributed by atoms with Gasteiger partial charge in [0.1, 0.15) is 24.1 Å².